The van der Waals surface area contributed by atoms with Crippen molar-refractivity contribution >= 4 is 18.4 Å². The highest BCUT2D eigenvalue weighted by Gasteiger charge is 2.24. The van der Waals surface area contributed by atoms with Gasteiger partial charge >= 0.3 is 5.97 Å². The maximum Gasteiger partial charge on any atom is 0.320 e. The smallest absolute Gasteiger partial charge is 0.320 e. The molecule has 2 N–H and O–H groups in total. The first-order valence-electron chi connectivity index (χ1n) is 3.19. The molecule has 3 nitrogen and oxygen atoms in total. The highest BCUT2D eigenvalue weighted by molar-refractivity contribution is 5.85. The van der Waals surface area contributed by atoms with Crippen molar-refractivity contribution in [3.05, 3.63) is 0 Å². The molecule has 0 unspecified atom stereocenters. The Morgan fingerprint density at radius 3 is 2.50 bits per heavy atom. The van der Waals surface area contributed by atoms with Crippen LogP contribution in [0.25, 0.3) is 0 Å². The maximum atomic E-state index is 10.2. The summed E-state index contributed by atoms with van der Waals surface area (Å²) in [6.45, 7) is 1.67. The van der Waals surface area contributed by atoms with Crippen molar-refractivity contribution in [3.8, 4) is 0 Å². The van der Waals surface area contributed by atoms with Crippen LogP contribution in [0, 0.1) is 0 Å². The van der Waals surface area contributed by atoms with Crippen LogP contribution in [-0.4, -0.2) is 23.2 Å². The van der Waals surface area contributed by atoms with E-state index in [1.54, 1.807) is 6.92 Å². The minimum Gasteiger partial charge on any atom is -0.480 e. The number of carbonyl (C=O) groups is 1. The summed E-state index contributed by atoms with van der Waals surface area (Å²) in [6, 6.07) is 0.105. The lowest BCUT2D eigenvalue weighted by atomic mass is 10.3. The molecule has 0 saturated heterocycles. The normalized spacial score (nSPS) is 19.3. The van der Waals surface area contributed by atoms with Crippen LogP contribution in [0.1, 0.15) is 19.8 Å². The molecule has 0 aromatic heterocycles. The van der Waals surface area contributed by atoms with Gasteiger partial charge in [-0.15, -0.1) is 12.4 Å². The highest BCUT2D eigenvalue weighted by atomic mass is 35.5. The number of nitrogens with one attached hydrogen (secondary N) is 1. The monoisotopic (exact) mass is 165 g/mol. The summed E-state index contributed by atoms with van der Waals surface area (Å²) < 4.78 is 0. The third kappa shape index (κ3) is 3.03. The topological polar surface area (TPSA) is 49.3 Å². The second-order valence-corrected chi connectivity index (χ2v) is 2.50. The largest absolute Gasteiger partial charge is 0.480 e. The Balaban J connectivity index is 0.000000810. The molecule has 1 aliphatic carbocycles. The summed E-state index contributed by atoms with van der Waals surface area (Å²) in [6.07, 6.45) is 2.27. The van der Waals surface area contributed by atoms with Gasteiger partial charge in [-0.2, -0.15) is 0 Å². The SMILES string of the molecule is C[C@H](NC1CC1)C(=O)O.Cl. The van der Waals surface area contributed by atoms with Crippen molar-refractivity contribution in [2.24, 2.45) is 0 Å². The molecule has 0 amide bonds. The minimum absolute atomic E-state index is 0. The molecule has 1 aliphatic rings. The van der Waals surface area contributed by atoms with Gasteiger partial charge in [0, 0.05) is 6.04 Å². The highest BCUT2D eigenvalue weighted by Crippen LogP contribution is 2.19. The molecule has 0 bridgehead atoms. The summed E-state index contributed by atoms with van der Waals surface area (Å²) >= 11 is 0. The zero-order valence-electron chi connectivity index (χ0n) is 5.83. The van der Waals surface area contributed by atoms with Crippen LogP contribution < -0.4 is 5.32 Å². The van der Waals surface area contributed by atoms with Gasteiger partial charge in [0.25, 0.3) is 0 Å². The fraction of sp³-hybridized carbons (Fsp3) is 0.833. The van der Waals surface area contributed by atoms with E-state index < -0.39 is 5.97 Å². The Morgan fingerprint density at radius 1 is 1.70 bits per heavy atom. The Morgan fingerprint density at radius 2 is 2.20 bits per heavy atom. The van der Waals surface area contributed by atoms with Crippen LogP contribution in [0.2, 0.25) is 0 Å². The summed E-state index contributed by atoms with van der Waals surface area (Å²) in [5, 5.41) is 11.3. The Labute approximate surface area is 66.2 Å². The Bertz CT molecular complexity index is 125. The maximum absolute atomic E-state index is 10.2. The van der Waals surface area contributed by atoms with Gasteiger partial charge in [0.05, 0.1) is 0 Å². The van der Waals surface area contributed by atoms with Crippen LogP contribution in [0.3, 0.4) is 0 Å². The second kappa shape index (κ2) is 3.78. The van der Waals surface area contributed by atoms with Crippen molar-refractivity contribution in [3.63, 3.8) is 0 Å². The van der Waals surface area contributed by atoms with Gasteiger partial charge in [-0.1, -0.05) is 0 Å². The molecule has 0 radical (unpaired) electrons. The van der Waals surface area contributed by atoms with Crippen LogP contribution >= 0.6 is 12.4 Å². The van der Waals surface area contributed by atoms with Crippen molar-refractivity contribution < 1.29 is 9.90 Å². The Hall–Kier alpha value is -0.280. The van der Waals surface area contributed by atoms with Crippen LogP contribution in [0.5, 0.6) is 0 Å². The van der Waals surface area contributed by atoms with Crippen molar-refractivity contribution in [1.82, 2.24) is 5.32 Å². The van der Waals surface area contributed by atoms with Crippen molar-refractivity contribution in [1.29, 1.82) is 0 Å². The first kappa shape index (κ1) is 9.72. The molecule has 0 aromatic carbocycles. The standard InChI is InChI=1S/C6H11NO2.ClH/c1-4(6(8)9)7-5-2-3-5;/h4-5,7H,2-3H2,1H3,(H,8,9);1H/t4-;/m0./s1. The lowest BCUT2D eigenvalue weighted by Crippen LogP contribution is -2.35. The van der Waals surface area contributed by atoms with E-state index in [0.29, 0.717) is 6.04 Å². The first-order chi connectivity index (χ1) is 4.20. The molecular weight excluding hydrogens is 154 g/mol. The van der Waals surface area contributed by atoms with Gasteiger partial charge < -0.3 is 10.4 Å². The molecule has 4 heteroatoms. The Kier molecular flexibility index (Phi) is 3.68. The lowest BCUT2D eigenvalue weighted by Gasteiger charge is -2.05. The first-order valence-corrected chi connectivity index (χ1v) is 3.19. The van der Waals surface area contributed by atoms with Gasteiger partial charge in [0.15, 0.2) is 0 Å². The number of hydrogen-bond acceptors (Lipinski definition) is 2. The van der Waals surface area contributed by atoms with E-state index >= 15 is 0 Å². The minimum atomic E-state index is -0.762. The number of rotatable bonds is 3. The molecule has 0 spiro atoms. The van der Waals surface area contributed by atoms with Gasteiger partial charge in [-0.25, -0.2) is 0 Å². The number of carboxylic acids is 1. The fourth-order valence-corrected chi connectivity index (χ4v) is 0.675. The predicted molar refractivity (Wildman–Crippen MR) is 40.5 cm³/mol. The summed E-state index contributed by atoms with van der Waals surface area (Å²) in [4.78, 5) is 10.2. The van der Waals surface area contributed by atoms with Crippen LogP contribution in [-0.2, 0) is 4.79 Å². The van der Waals surface area contributed by atoms with E-state index in [1.807, 2.05) is 0 Å². The average Bonchev–Trinajstić information content (AvgIpc) is 2.50. The van der Waals surface area contributed by atoms with Gasteiger partial charge in [-0.05, 0) is 19.8 Å². The van der Waals surface area contributed by atoms with Gasteiger partial charge in [0.2, 0.25) is 0 Å². The van der Waals surface area contributed by atoms with Crippen LogP contribution in [0.4, 0.5) is 0 Å². The van der Waals surface area contributed by atoms with Gasteiger partial charge in [0.1, 0.15) is 6.04 Å². The summed E-state index contributed by atoms with van der Waals surface area (Å²) in [7, 11) is 0. The van der Waals surface area contributed by atoms with E-state index in [2.05, 4.69) is 5.32 Å². The number of carboxylic acid groups (broad SMARTS) is 1. The van der Waals surface area contributed by atoms with E-state index in [4.69, 9.17) is 5.11 Å². The zero-order valence-corrected chi connectivity index (χ0v) is 6.65. The lowest BCUT2D eigenvalue weighted by molar-refractivity contribution is -0.139. The van der Waals surface area contributed by atoms with Crippen LogP contribution in [0.15, 0.2) is 0 Å². The average molecular weight is 166 g/mol. The number of halogens is 1. The molecule has 0 heterocycles. The van der Waals surface area contributed by atoms with E-state index in [1.165, 1.54) is 0 Å². The zero-order chi connectivity index (χ0) is 6.85. The van der Waals surface area contributed by atoms with E-state index in [0.717, 1.165) is 12.8 Å². The van der Waals surface area contributed by atoms with E-state index in [-0.39, 0.29) is 18.4 Å². The van der Waals surface area contributed by atoms with Crippen molar-refractivity contribution in [2.45, 2.75) is 31.8 Å². The molecule has 0 aliphatic heterocycles. The molecule has 0 aromatic rings. The summed E-state index contributed by atoms with van der Waals surface area (Å²) in [5.41, 5.74) is 0. The molecule has 60 valence electrons. The molecular formula is C6H12ClNO2. The molecule has 10 heavy (non-hydrogen) atoms. The van der Waals surface area contributed by atoms with Gasteiger partial charge in [-0.3, -0.25) is 4.79 Å². The molecule has 1 rings (SSSR count). The van der Waals surface area contributed by atoms with Crippen molar-refractivity contribution in [2.75, 3.05) is 0 Å². The quantitative estimate of drug-likeness (QED) is 0.645. The number of aliphatic carboxylic acids is 1. The third-order valence-electron chi connectivity index (χ3n) is 1.43. The second-order valence-electron chi connectivity index (χ2n) is 2.50. The molecule has 1 atom stereocenters. The summed E-state index contributed by atoms with van der Waals surface area (Å²) in [5.74, 6) is -0.762. The molecule has 1 fully saturated rings. The third-order valence-corrected chi connectivity index (χ3v) is 1.43. The molecule has 1 saturated carbocycles. The fourth-order valence-electron chi connectivity index (χ4n) is 0.675. The predicted octanol–water partition coefficient (Wildman–Crippen LogP) is 0.633. The number of hydrogen-bond donors (Lipinski definition) is 2. The van der Waals surface area contributed by atoms with E-state index in [9.17, 15) is 4.79 Å².